The molecular formula is C25H26N6O. The van der Waals surface area contributed by atoms with E-state index in [1.54, 1.807) is 6.07 Å². The van der Waals surface area contributed by atoms with Crippen molar-refractivity contribution < 1.29 is 4.79 Å². The fourth-order valence-electron chi connectivity index (χ4n) is 4.40. The standard InChI is InChI=1S/C25H26N6O/c1-15-11-20-21(14-27-15)29-25(30-24(20)28-13-17-7-4-3-5-8-17)31-16(2)12-19-18(23(26)32)9-6-10-22(19)31/h3-10,12,15,27H,11,13-14H2,1-2H3,(H2,26,32)(H,28,29,30). The maximum Gasteiger partial charge on any atom is 0.249 e. The number of nitrogens with zero attached hydrogens (tertiary/aromatic N) is 3. The zero-order valence-corrected chi connectivity index (χ0v) is 18.2. The maximum absolute atomic E-state index is 11.9. The number of anilines is 1. The summed E-state index contributed by atoms with van der Waals surface area (Å²) < 4.78 is 1.99. The van der Waals surface area contributed by atoms with Gasteiger partial charge in [-0.3, -0.25) is 9.36 Å². The van der Waals surface area contributed by atoms with Crippen LogP contribution in [0.15, 0.2) is 54.6 Å². The van der Waals surface area contributed by atoms with Gasteiger partial charge in [0.1, 0.15) is 5.82 Å². The van der Waals surface area contributed by atoms with Crippen LogP contribution in [0.4, 0.5) is 5.82 Å². The number of carbonyl (C=O) groups excluding carboxylic acids is 1. The summed E-state index contributed by atoms with van der Waals surface area (Å²) in [6.45, 7) is 5.54. The minimum absolute atomic E-state index is 0.362. The Labute approximate surface area is 186 Å². The monoisotopic (exact) mass is 426 g/mol. The highest BCUT2D eigenvalue weighted by Crippen LogP contribution is 2.29. The van der Waals surface area contributed by atoms with Crippen LogP contribution < -0.4 is 16.4 Å². The number of nitrogens with two attached hydrogens (primary N) is 1. The molecule has 0 spiro atoms. The van der Waals surface area contributed by atoms with E-state index in [4.69, 9.17) is 15.7 Å². The van der Waals surface area contributed by atoms with Gasteiger partial charge in [-0.2, -0.15) is 4.98 Å². The van der Waals surface area contributed by atoms with Crippen LogP contribution in [0.2, 0.25) is 0 Å². The molecule has 1 aliphatic rings. The number of aromatic nitrogens is 3. The minimum atomic E-state index is -0.442. The largest absolute Gasteiger partial charge is 0.366 e. The molecule has 162 valence electrons. The first-order valence-corrected chi connectivity index (χ1v) is 10.8. The van der Waals surface area contributed by atoms with E-state index in [0.717, 1.165) is 40.1 Å². The van der Waals surface area contributed by atoms with Gasteiger partial charge in [-0.1, -0.05) is 36.4 Å². The van der Waals surface area contributed by atoms with Gasteiger partial charge in [0.05, 0.1) is 11.2 Å². The average molecular weight is 427 g/mol. The topological polar surface area (TPSA) is 97.9 Å². The molecule has 1 unspecified atom stereocenters. The van der Waals surface area contributed by atoms with Gasteiger partial charge in [0.15, 0.2) is 0 Å². The number of nitrogens with one attached hydrogen (secondary N) is 2. The van der Waals surface area contributed by atoms with Gasteiger partial charge in [0.25, 0.3) is 0 Å². The van der Waals surface area contributed by atoms with Crippen LogP contribution in [0.3, 0.4) is 0 Å². The van der Waals surface area contributed by atoms with Crippen molar-refractivity contribution in [3.8, 4) is 5.95 Å². The molecule has 5 rings (SSSR count). The number of amides is 1. The number of hydrogen-bond donors (Lipinski definition) is 3. The second kappa shape index (κ2) is 8.09. The SMILES string of the molecule is Cc1cc2c(C(N)=O)cccc2n1-c1nc2c(c(NCc3ccccc3)n1)CC(C)NC2. The van der Waals surface area contributed by atoms with Crippen LogP contribution in [0, 0.1) is 6.92 Å². The number of rotatable bonds is 5. The fourth-order valence-corrected chi connectivity index (χ4v) is 4.40. The molecule has 0 radical (unpaired) electrons. The smallest absolute Gasteiger partial charge is 0.249 e. The lowest BCUT2D eigenvalue weighted by Crippen LogP contribution is -2.34. The van der Waals surface area contributed by atoms with Crippen molar-refractivity contribution in [1.29, 1.82) is 0 Å². The summed E-state index contributed by atoms with van der Waals surface area (Å²) in [4.78, 5) is 21.8. The summed E-state index contributed by atoms with van der Waals surface area (Å²) in [7, 11) is 0. The molecule has 3 heterocycles. The van der Waals surface area contributed by atoms with Crippen LogP contribution in [0.5, 0.6) is 0 Å². The van der Waals surface area contributed by atoms with Crippen LogP contribution in [-0.2, 0) is 19.5 Å². The van der Waals surface area contributed by atoms with Crippen LogP contribution in [0.25, 0.3) is 16.9 Å². The number of carbonyl (C=O) groups is 1. The molecule has 32 heavy (non-hydrogen) atoms. The van der Waals surface area contributed by atoms with Gasteiger partial charge in [0, 0.05) is 41.3 Å². The van der Waals surface area contributed by atoms with E-state index in [2.05, 4.69) is 29.7 Å². The van der Waals surface area contributed by atoms with Crippen molar-refractivity contribution in [3.05, 3.63) is 82.7 Å². The zero-order chi connectivity index (χ0) is 22.2. The highest BCUT2D eigenvalue weighted by atomic mass is 16.1. The Morgan fingerprint density at radius 3 is 2.78 bits per heavy atom. The Bertz CT molecular complexity index is 1310. The molecule has 0 saturated heterocycles. The van der Waals surface area contributed by atoms with Crippen LogP contribution in [-0.4, -0.2) is 26.5 Å². The first-order valence-electron chi connectivity index (χ1n) is 10.8. The van der Waals surface area contributed by atoms with Crippen LogP contribution >= 0.6 is 0 Å². The Balaban J connectivity index is 1.63. The van der Waals surface area contributed by atoms with Crippen molar-refractivity contribution in [2.45, 2.75) is 39.4 Å². The molecule has 1 atom stereocenters. The predicted octanol–water partition coefficient (Wildman–Crippen LogP) is 3.47. The van der Waals surface area contributed by atoms with Crippen molar-refractivity contribution in [3.63, 3.8) is 0 Å². The van der Waals surface area contributed by atoms with E-state index < -0.39 is 5.91 Å². The van der Waals surface area contributed by atoms with E-state index >= 15 is 0 Å². The molecule has 1 amide bonds. The number of fused-ring (bicyclic) bond motifs is 2. The summed E-state index contributed by atoms with van der Waals surface area (Å²) in [6.07, 6.45) is 0.865. The predicted molar refractivity (Wildman–Crippen MR) is 126 cm³/mol. The minimum Gasteiger partial charge on any atom is -0.366 e. The molecule has 0 aliphatic carbocycles. The third-order valence-corrected chi connectivity index (χ3v) is 6.01. The summed E-state index contributed by atoms with van der Waals surface area (Å²) in [5, 5.41) is 7.85. The normalized spacial score (nSPS) is 15.5. The van der Waals surface area contributed by atoms with E-state index in [0.29, 0.717) is 30.6 Å². The molecule has 7 nitrogen and oxygen atoms in total. The average Bonchev–Trinajstić information content (AvgIpc) is 3.13. The number of aryl methyl sites for hydroxylation is 1. The van der Waals surface area contributed by atoms with Crippen molar-refractivity contribution >= 4 is 22.6 Å². The van der Waals surface area contributed by atoms with Gasteiger partial charge in [-0.05, 0) is 44.0 Å². The lowest BCUT2D eigenvalue weighted by molar-refractivity contribution is 0.100. The first-order chi connectivity index (χ1) is 15.5. The van der Waals surface area contributed by atoms with E-state index in [1.165, 1.54) is 5.56 Å². The second-order valence-corrected chi connectivity index (χ2v) is 8.35. The second-order valence-electron chi connectivity index (χ2n) is 8.35. The fraction of sp³-hybridized carbons (Fsp3) is 0.240. The van der Waals surface area contributed by atoms with Crippen LogP contribution in [0.1, 0.15) is 39.8 Å². The number of benzene rings is 2. The third-order valence-electron chi connectivity index (χ3n) is 6.01. The third kappa shape index (κ3) is 3.61. The quantitative estimate of drug-likeness (QED) is 0.454. The Hall–Kier alpha value is -3.71. The lowest BCUT2D eigenvalue weighted by Gasteiger charge is -2.25. The molecule has 4 N–H and O–H groups in total. The van der Waals surface area contributed by atoms with E-state index in [-0.39, 0.29) is 0 Å². The number of primary amides is 1. The van der Waals surface area contributed by atoms with Gasteiger partial charge in [-0.15, -0.1) is 0 Å². The Kier molecular flexibility index (Phi) is 5.11. The molecule has 0 fully saturated rings. The Morgan fingerprint density at radius 2 is 2.00 bits per heavy atom. The summed E-state index contributed by atoms with van der Waals surface area (Å²) in [6, 6.07) is 18.2. The molecule has 7 heteroatoms. The maximum atomic E-state index is 11.9. The Morgan fingerprint density at radius 1 is 1.19 bits per heavy atom. The van der Waals surface area contributed by atoms with E-state index in [9.17, 15) is 4.79 Å². The molecule has 0 bridgehead atoms. The molecular weight excluding hydrogens is 400 g/mol. The van der Waals surface area contributed by atoms with Crippen molar-refractivity contribution in [1.82, 2.24) is 19.9 Å². The number of hydrogen-bond acceptors (Lipinski definition) is 5. The van der Waals surface area contributed by atoms with Gasteiger partial charge < -0.3 is 16.4 Å². The molecule has 2 aromatic heterocycles. The van der Waals surface area contributed by atoms with Crippen molar-refractivity contribution in [2.24, 2.45) is 5.73 Å². The summed E-state index contributed by atoms with van der Waals surface area (Å²) >= 11 is 0. The van der Waals surface area contributed by atoms with Crippen molar-refractivity contribution in [2.75, 3.05) is 5.32 Å². The van der Waals surface area contributed by atoms with E-state index in [1.807, 2.05) is 47.9 Å². The zero-order valence-electron chi connectivity index (χ0n) is 18.2. The summed E-state index contributed by atoms with van der Waals surface area (Å²) in [5.74, 6) is 1.00. The highest BCUT2D eigenvalue weighted by Gasteiger charge is 2.23. The van der Waals surface area contributed by atoms with Gasteiger partial charge in [0.2, 0.25) is 11.9 Å². The van der Waals surface area contributed by atoms with Gasteiger partial charge in [-0.25, -0.2) is 4.98 Å². The molecule has 0 saturated carbocycles. The lowest BCUT2D eigenvalue weighted by atomic mass is 10.0. The molecule has 4 aromatic rings. The highest BCUT2D eigenvalue weighted by molar-refractivity contribution is 6.06. The van der Waals surface area contributed by atoms with Gasteiger partial charge >= 0.3 is 0 Å². The molecule has 2 aromatic carbocycles. The molecule has 1 aliphatic heterocycles. The first kappa shape index (κ1) is 20.2. The summed E-state index contributed by atoms with van der Waals surface area (Å²) in [5.41, 5.74) is 11.3.